The van der Waals surface area contributed by atoms with E-state index in [0.29, 0.717) is 6.54 Å². The van der Waals surface area contributed by atoms with E-state index in [2.05, 4.69) is 24.5 Å². The molecule has 1 aromatic rings. The van der Waals surface area contributed by atoms with Crippen LogP contribution in [0.1, 0.15) is 26.1 Å². The molecule has 0 atom stereocenters. The van der Waals surface area contributed by atoms with Gasteiger partial charge in [0.25, 0.3) is 5.82 Å². The molecule has 0 saturated carbocycles. The highest BCUT2D eigenvalue weighted by Gasteiger charge is 2.13. The molecule has 0 aliphatic carbocycles. The van der Waals surface area contributed by atoms with Gasteiger partial charge in [-0.3, -0.25) is 0 Å². The molecule has 88 valence electrons. The van der Waals surface area contributed by atoms with E-state index >= 15 is 0 Å². The van der Waals surface area contributed by atoms with E-state index in [1.165, 1.54) is 5.82 Å². The van der Waals surface area contributed by atoms with Gasteiger partial charge in [0.2, 0.25) is 0 Å². The van der Waals surface area contributed by atoms with Gasteiger partial charge in [-0.15, -0.1) is 0 Å². The lowest BCUT2D eigenvalue weighted by Crippen LogP contribution is -2.39. The molecule has 1 rings (SSSR count). The first-order valence-electron chi connectivity index (χ1n) is 5.85. The molecular formula is C12H20N3O+. The Kier molecular flexibility index (Phi) is 5.58. The van der Waals surface area contributed by atoms with Gasteiger partial charge in [0.1, 0.15) is 25.0 Å². The summed E-state index contributed by atoms with van der Waals surface area (Å²) in [6.07, 6.45) is 5.97. The molecule has 4 nitrogen and oxygen atoms in total. The summed E-state index contributed by atoms with van der Waals surface area (Å²) in [5, 5.41) is 8.69. The van der Waals surface area contributed by atoms with Gasteiger partial charge in [-0.2, -0.15) is 5.26 Å². The fourth-order valence-electron chi connectivity index (χ4n) is 1.74. The molecule has 1 aromatic heterocycles. The zero-order valence-electron chi connectivity index (χ0n) is 10.1. The third-order valence-corrected chi connectivity index (χ3v) is 2.47. The Labute approximate surface area is 97.1 Å². The van der Waals surface area contributed by atoms with E-state index in [4.69, 9.17) is 10.00 Å². The van der Waals surface area contributed by atoms with Crippen molar-refractivity contribution in [3.05, 3.63) is 18.2 Å². The van der Waals surface area contributed by atoms with Crippen molar-refractivity contribution in [1.29, 1.82) is 5.26 Å². The lowest BCUT2D eigenvalue weighted by Gasteiger charge is -2.02. The lowest BCUT2D eigenvalue weighted by molar-refractivity contribution is -0.705. The number of ether oxygens (including phenoxy) is 1. The highest BCUT2D eigenvalue weighted by atomic mass is 16.5. The second-order valence-electron chi connectivity index (χ2n) is 3.66. The average Bonchev–Trinajstić information content (AvgIpc) is 2.67. The first-order chi connectivity index (χ1) is 7.83. The zero-order chi connectivity index (χ0) is 11.8. The van der Waals surface area contributed by atoms with Crippen molar-refractivity contribution in [2.24, 2.45) is 0 Å². The van der Waals surface area contributed by atoms with Crippen LogP contribution in [-0.2, 0) is 24.2 Å². The Morgan fingerprint density at radius 2 is 2.25 bits per heavy atom. The molecular weight excluding hydrogens is 202 g/mol. The Morgan fingerprint density at radius 3 is 2.88 bits per heavy atom. The van der Waals surface area contributed by atoms with Gasteiger partial charge in [-0.1, -0.05) is 13.8 Å². The molecule has 16 heavy (non-hydrogen) atoms. The fourth-order valence-corrected chi connectivity index (χ4v) is 1.74. The van der Waals surface area contributed by atoms with Gasteiger partial charge >= 0.3 is 0 Å². The first kappa shape index (κ1) is 12.7. The summed E-state index contributed by atoms with van der Waals surface area (Å²) in [5.41, 5.74) is 0. The van der Waals surface area contributed by atoms with Gasteiger partial charge in [0.05, 0.1) is 6.61 Å². The van der Waals surface area contributed by atoms with E-state index < -0.39 is 0 Å². The van der Waals surface area contributed by atoms with Gasteiger partial charge < -0.3 is 4.74 Å². The second kappa shape index (κ2) is 7.02. The van der Waals surface area contributed by atoms with Crippen molar-refractivity contribution in [2.75, 3.05) is 13.2 Å². The number of aromatic nitrogens is 2. The highest BCUT2D eigenvalue weighted by Crippen LogP contribution is 1.96. The molecule has 4 heteroatoms. The van der Waals surface area contributed by atoms with Crippen LogP contribution in [0.2, 0.25) is 0 Å². The van der Waals surface area contributed by atoms with Crippen molar-refractivity contribution in [1.82, 2.24) is 4.57 Å². The minimum absolute atomic E-state index is 0.423. The molecule has 0 unspecified atom stereocenters. The van der Waals surface area contributed by atoms with Crippen molar-refractivity contribution in [2.45, 2.75) is 39.8 Å². The summed E-state index contributed by atoms with van der Waals surface area (Å²) in [7, 11) is 0. The maximum absolute atomic E-state index is 8.69. The standard InChI is InChI=1S/C12H20N3O/c1-3-10-16-11-9-15-8-7-14(6-5-13)12(15)4-2/h7-8H,3-4,6,9-11H2,1-2H3/q+1. The van der Waals surface area contributed by atoms with Crippen LogP contribution in [0.4, 0.5) is 0 Å². The molecule has 0 saturated heterocycles. The van der Waals surface area contributed by atoms with E-state index in [0.717, 1.165) is 32.6 Å². The molecule has 0 aromatic carbocycles. The monoisotopic (exact) mass is 222 g/mol. The number of hydrogen-bond acceptors (Lipinski definition) is 2. The number of imidazole rings is 1. The Hall–Kier alpha value is -1.34. The van der Waals surface area contributed by atoms with Crippen LogP contribution in [-0.4, -0.2) is 17.8 Å². The van der Waals surface area contributed by atoms with Crippen LogP contribution in [0, 0.1) is 11.3 Å². The Morgan fingerprint density at radius 1 is 1.44 bits per heavy atom. The number of hydrogen-bond donors (Lipinski definition) is 0. The first-order valence-corrected chi connectivity index (χ1v) is 5.85. The summed E-state index contributed by atoms with van der Waals surface area (Å²) in [6, 6.07) is 2.17. The summed E-state index contributed by atoms with van der Waals surface area (Å²) < 4.78 is 9.61. The highest BCUT2D eigenvalue weighted by molar-refractivity contribution is 4.87. The second-order valence-corrected chi connectivity index (χ2v) is 3.66. The summed E-state index contributed by atoms with van der Waals surface area (Å²) in [6.45, 7) is 7.05. The van der Waals surface area contributed by atoms with Crippen molar-refractivity contribution < 1.29 is 9.30 Å². The molecule has 0 bridgehead atoms. The van der Waals surface area contributed by atoms with E-state index in [9.17, 15) is 0 Å². The molecule has 0 aliphatic rings. The van der Waals surface area contributed by atoms with Crippen LogP contribution in [0.5, 0.6) is 0 Å². The van der Waals surface area contributed by atoms with Gasteiger partial charge in [-0.25, -0.2) is 9.13 Å². The minimum Gasteiger partial charge on any atom is -0.377 e. The molecule has 0 aliphatic heterocycles. The molecule has 0 fully saturated rings. The predicted octanol–water partition coefficient (Wildman–Crippen LogP) is 1.29. The molecule has 0 radical (unpaired) electrons. The van der Waals surface area contributed by atoms with Gasteiger partial charge in [0.15, 0.2) is 6.54 Å². The fraction of sp³-hybridized carbons (Fsp3) is 0.667. The molecule has 0 N–H and O–H groups in total. The topological polar surface area (TPSA) is 41.8 Å². The van der Waals surface area contributed by atoms with E-state index in [-0.39, 0.29) is 0 Å². The summed E-state index contributed by atoms with van der Waals surface area (Å²) in [4.78, 5) is 0. The number of nitriles is 1. The van der Waals surface area contributed by atoms with Crippen LogP contribution in [0.25, 0.3) is 0 Å². The summed E-state index contributed by atoms with van der Waals surface area (Å²) >= 11 is 0. The lowest BCUT2D eigenvalue weighted by atomic mass is 10.4. The molecule has 1 heterocycles. The average molecular weight is 222 g/mol. The third-order valence-electron chi connectivity index (χ3n) is 2.47. The normalized spacial score (nSPS) is 10.3. The zero-order valence-corrected chi connectivity index (χ0v) is 10.1. The van der Waals surface area contributed by atoms with Crippen LogP contribution >= 0.6 is 0 Å². The van der Waals surface area contributed by atoms with Crippen LogP contribution < -0.4 is 4.57 Å². The maximum Gasteiger partial charge on any atom is 0.257 e. The summed E-state index contributed by atoms with van der Waals surface area (Å²) in [5.74, 6) is 1.18. The van der Waals surface area contributed by atoms with Crippen molar-refractivity contribution in [3.8, 4) is 6.07 Å². The van der Waals surface area contributed by atoms with Gasteiger partial charge in [0, 0.05) is 13.0 Å². The smallest absolute Gasteiger partial charge is 0.257 e. The predicted molar refractivity (Wildman–Crippen MR) is 60.7 cm³/mol. The van der Waals surface area contributed by atoms with E-state index in [1.807, 2.05) is 17.0 Å². The van der Waals surface area contributed by atoms with Crippen molar-refractivity contribution >= 4 is 0 Å². The largest absolute Gasteiger partial charge is 0.377 e. The SMILES string of the molecule is CCCOCC[n+]1ccn(CC#N)c1CC. The molecule has 0 amide bonds. The van der Waals surface area contributed by atoms with Crippen LogP contribution in [0.15, 0.2) is 12.4 Å². The minimum atomic E-state index is 0.423. The number of nitrogens with zero attached hydrogens (tertiary/aromatic N) is 3. The quantitative estimate of drug-likeness (QED) is 0.515. The van der Waals surface area contributed by atoms with Crippen LogP contribution in [0.3, 0.4) is 0 Å². The third kappa shape index (κ3) is 3.35. The van der Waals surface area contributed by atoms with Gasteiger partial charge in [-0.05, 0) is 6.42 Å². The van der Waals surface area contributed by atoms with Crippen molar-refractivity contribution in [3.63, 3.8) is 0 Å². The Bertz CT molecular complexity index is 352. The maximum atomic E-state index is 8.69. The Balaban J connectivity index is 2.55. The number of rotatable bonds is 7. The van der Waals surface area contributed by atoms with E-state index in [1.54, 1.807) is 0 Å². The molecule has 0 spiro atoms.